The van der Waals surface area contributed by atoms with Crippen molar-refractivity contribution in [3.63, 3.8) is 0 Å². The van der Waals surface area contributed by atoms with Crippen LogP contribution in [0.3, 0.4) is 0 Å². The zero-order chi connectivity index (χ0) is 15.1. The molecule has 0 saturated heterocycles. The smallest absolute Gasteiger partial charge is 0.225 e. The van der Waals surface area contributed by atoms with E-state index in [1.165, 1.54) is 0 Å². The maximum absolute atomic E-state index is 11.8. The van der Waals surface area contributed by atoms with Gasteiger partial charge in [-0.25, -0.2) is 0 Å². The first-order valence-electron chi connectivity index (χ1n) is 6.36. The van der Waals surface area contributed by atoms with Gasteiger partial charge in [-0.3, -0.25) is 4.79 Å². The van der Waals surface area contributed by atoms with Crippen LogP contribution in [0.5, 0.6) is 0 Å². The molecular formula is C16H13BrN2OS. The maximum Gasteiger partial charge on any atom is 0.225 e. The molecule has 0 aliphatic heterocycles. The second-order valence-electron chi connectivity index (χ2n) is 4.27. The van der Waals surface area contributed by atoms with Crippen LogP contribution < -0.4 is 5.32 Å². The molecule has 0 spiro atoms. The van der Waals surface area contributed by atoms with E-state index in [0.717, 1.165) is 9.37 Å². The minimum atomic E-state index is -0.0285. The molecule has 5 heteroatoms. The van der Waals surface area contributed by atoms with Gasteiger partial charge in [-0.05, 0) is 52.3 Å². The first-order chi connectivity index (χ1) is 10.2. The van der Waals surface area contributed by atoms with E-state index in [1.807, 2.05) is 30.3 Å². The number of carbonyl (C=O) groups excluding carboxylic acids is 1. The van der Waals surface area contributed by atoms with Gasteiger partial charge in [-0.15, -0.1) is 11.8 Å². The van der Waals surface area contributed by atoms with Crippen molar-refractivity contribution in [2.75, 3.05) is 11.1 Å². The van der Waals surface area contributed by atoms with Crippen molar-refractivity contribution in [3.8, 4) is 6.07 Å². The van der Waals surface area contributed by atoms with Crippen LogP contribution in [0.2, 0.25) is 0 Å². The molecule has 2 rings (SSSR count). The quantitative estimate of drug-likeness (QED) is 0.801. The minimum absolute atomic E-state index is 0.0285. The Labute approximate surface area is 136 Å². The van der Waals surface area contributed by atoms with E-state index in [1.54, 1.807) is 36.0 Å². The van der Waals surface area contributed by atoms with E-state index in [4.69, 9.17) is 5.26 Å². The zero-order valence-corrected chi connectivity index (χ0v) is 13.6. The van der Waals surface area contributed by atoms with Gasteiger partial charge in [-0.2, -0.15) is 5.26 Å². The summed E-state index contributed by atoms with van der Waals surface area (Å²) in [4.78, 5) is 13.0. The lowest BCUT2D eigenvalue weighted by Crippen LogP contribution is -2.12. The van der Waals surface area contributed by atoms with Gasteiger partial charge in [0.15, 0.2) is 0 Å². The Morgan fingerprint density at radius 3 is 2.57 bits per heavy atom. The van der Waals surface area contributed by atoms with E-state index < -0.39 is 0 Å². The largest absolute Gasteiger partial charge is 0.326 e. The molecule has 2 aromatic carbocycles. The highest BCUT2D eigenvalue weighted by molar-refractivity contribution is 9.10. The molecule has 0 aliphatic rings. The van der Waals surface area contributed by atoms with Gasteiger partial charge in [-0.1, -0.05) is 12.1 Å². The van der Waals surface area contributed by atoms with Gasteiger partial charge in [0.05, 0.1) is 11.6 Å². The van der Waals surface area contributed by atoms with E-state index in [9.17, 15) is 4.79 Å². The van der Waals surface area contributed by atoms with Gasteiger partial charge < -0.3 is 5.32 Å². The summed E-state index contributed by atoms with van der Waals surface area (Å²) in [7, 11) is 0. The first-order valence-corrected chi connectivity index (χ1v) is 8.14. The Balaban J connectivity index is 1.80. The summed E-state index contributed by atoms with van der Waals surface area (Å²) in [6, 6.07) is 16.8. The predicted octanol–water partition coefficient (Wildman–Crippen LogP) is 4.44. The molecule has 0 unspecified atom stereocenters. The molecule has 0 heterocycles. The van der Waals surface area contributed by atoms with Crippen molar-refractivity contribution in [2.24, 2.45) is 0 Å². The Morgan fingerprint density at radius 2 is 1.90 bits per heavy atom. The maximum atomic E-state index is 11.8. The fourth-order valence-electron chi connectivity index (χ4n) is 1.67. The van der Waals surface area contributed by atoms with Crippen molar-refractivity contribution in [1.29, 1.82) is 5.26 Å². The summed E-state index contributed by atoms with van der Waals surface area (Å²) in [6.45, 7) is 0. The van der Waals surface area contributed by atoms with Gasteiger partial charge in [0.2, 0.25) is 5.91 Å². The molecule has 0 saturated carbocycles. The Hall–Kier alpha value is -1.77. The van der Waals surface area contributed by atoms with Gasteiger partial charge in [0, 0.05) is 27.2 Å². The second-order valence-corrected chi connectivity index (χ2v) is 6.26. The van der Waals surface area contributed by atoms with Crippen LogP contribution in [0.15, 0.2) is 57.9 Å². The lowest BCUT2D eigenvalue weighted by molar-refractivity contribution is -0.115. The molecule has 0 bridgehead atoms. The predicted molar refractivity (Wildman–Crippen MR) is 89.3 cm³/mol. The number of anilines is 1. The SMILES string of the molecule is N#Cc1ccc(NC(=O)CCSc2ccccc2Br)cc1. The number of hydrogen-bond donors (Lipinski definition) is 1. The first kappa shape index (κ1) is 15.6. The topological polar surface area (TPSA) is 52.9 Å². The number of halogens is 1. The van der Waals surface area contributed by atoms with Crippen LogP contribution in [0.4, 0.5) is 5.69 Å². The molecule has 0 radical (unpaired) electrons. The summed E-state index contributed by atoms with van der Waals surface area (Å²) in [5.41, 5.74) is 1.29. The molecule has 1 amide bonds. The van der Waals surface area contributed by atoms with E-state index >= 15 is 0 Å². The molecule has 2 aromatic rings. The molecule has 0 atom stereocenters. The number of rotatable bonds is 5. The third-order valence-electron chi connectivity index (χ3n) is 2.72. The lowest BCUT2D eigenvalue weighted by atomic mass is 10.2. The number of nitrogens with zero attached hydrogens (tertiary/aromatic N) is 1. The van der Waals surface area contributed by atoms with Gasteiger partial charge >= 0.3 is 0 Å². The molecule has 0 aromatic heterocycles. The number of nitriles is 1. The van der Waals surface area contributed by atoms with Crippen molar-refractivity contribution in [3.05, 3.63) is 58.6 Å². The van der Waals surface area contributed by atoms with Crippen LogP contribution in [-0.2, 0) is 4.79 Å². The third kappa shape index (κ3) is 4.92. The number of carbonyl (C=O) groups is 1. The van der Waals surface area contributed by atoms with E-state index in [0.29, 0.717) is 23.4 Å². The normalized spacial score (nSPS) is 9.90. The summed E-state index contributed by atoms with van der Waals surface area (Å²) in [6.07, 6.45) is 0.437. The molecular weight excluding hydrogens is 348 g/mol. The fourth-order valence-corrected chi connectivity index (χ4v) is 3.18. The van der Waals surface area contributed by atoms with Crippen LogP contribution in [0.25, 0.3) is 0 Å². The van der Waals surface area contributed by atoms with Gasteiger partial charge in [0.1, 0.15) is 0 Å². The van der Waals surface area contributed by atoms with Crippen molar-refractivity contribution in [2.45, 2.75) is 11.3 Å². The van der Waals surface area contributed by atoms with Crippen molar-refractivity contribution in [1.82, 2.24) is 0 Å². The Bertz CT molecular complexity index is 665. The highest BCUT2D eigenvalue weighted by Gasteiger charge is 2.04. The summed E-state index contributed by atoms with van der Waals surface area (Å²) in [5.74, 6) is 0.685. The molecule has 106 valence electrons. The van der Waals surface area contributed by atoms with Crippen LogP contribution in [-0.4, -0.2) is 11.7 Å². The molecule has 3 nitrogen and oxygen atoms in total. The second kappa shape index (κ2) is 7.87. The Morgan fingerprint density at radius 1 is 1.19 bits per heavy atom. The zero-order valence-electron chi connectivity index (χ0n) is 11.2. The Kier molecular flexibility index (Phi) is 5.85. The van der Waals surface area contributed by atoms with Crippen LogP contribution in [0.1, 0.15) is 12.0 Å². The monoisotopic (exact) mass is 360 g/mol. The van der Waals surface area contributed by atoms with Gasteiger partial charge in [0.25, 0.3) is 0 Å². The summed E-state index contributed by atoms with van der Waals surface area (Å²) >= 11 is 5.12. The molecule has 1 N–H and O–H groups in total. The summed E-state index contributed by atoms with van der Waals surface area (Å²) in [5, 5.41) is 11.5. The lowest BCUT2D eigenvalue weighted by Gasteiger charge is -2.06. The molecule has 0 aliphatic carbocycles. The fraction of sp³-hybridized carbons (Fsp3) is 0.125. The minimum Gasteiger partial charge on any atom is -0.326 e. The third-order valence-corrected chi connectivity index (χ3v) is 4.75. The van der Waals surface area contributed by atoms with E-state index in [2.05, 4.69) is 21.2 Å². The average molecular weight is 361 g/mol. The standard InChI is InChI=1S/C16H13BrN2OS/c17-14-3-1-2-4-15(14)21-10-9-16(20)19-13-7-5-12(11-18)6-8-13/h1-8H,9-10H2,(H,19,20). The average Bonchev–Trinajstić information content (AvgIpc) is 2.50. The molecule has 0 fully saturated rings. The van der Waals surface area contributed by atoms with Crippen LogP contribution in [0, 0.1) is 11.3 Å². The van der Waals surface area contributed by atoms with Crippen molar-refractivity contribution >= 4 is 39.3 Å². The highest BCUT2D eigenvalue weighted by Crippen LogP contribution is 2.27. The van der Waals surface area contributed by atoms with Crippen molar-refractivity contribution < 1.29 is 4.79 Å². The number of nitrogens with one attached hydrogen (secondary N) is 1. The number of amides is 1. The number of hydrogen-bond acceptors (Lipinski definition) is 3. The molecule has 21 heavy (non-hydrogen) atoms. The highest BCUT2D eigenvalue weighted by atomic mass is 79.9. The summed E-state index contributed by atoms with van der Waals surface area (Å²) < 4.78 is 1.04. The van der Waals surface area contributed by atoms with Crippen LogP contribution >= 0.6 is 27.7 Å². The number of benzene rings is 2. The number of thioether (sulfide) groups is 1. The van der Waals surface area contributed by atoms with E-state index in [-0.39, 0.29) is 5.91 Å².